The van der Waals surface area contributed by atoms with Gasteiger partial charge in [0.15, 0.2) is 5.82 Å². The van der Waals surface area contributed by atoms with Crippen molar-refractivity contribution < 1.29 is 14.1 Å². The van der Waals surface area contributed by atoms with Gasteiger partial charge in [0.1, 0.15) is 28.5 Å². The number of ether oxygens (including phenoxy) is 1. The molecule has 0 unspecified atom stereocenters. The number of hydrogen-bond donors (Lipinski definition) is 1. The van der Waals surface area contributed by atoms with Crippen molar-refractivity contribution in [2.24, 2.45) is 0 Å². The standard InChI is InChI=1S/C23H24N6O3S/c1-14-12-18(27-32-14)26-22(30)20-15(2)19-21(24-13-25-23(19)33-20)29-10-8-28(9-11-29)16-6-4-5-7-17(16)31-3/h4-7,12-13H,8-11H2,1-3H3,(H,26,27,30). The van der Waals surface area contributed by atoms with Gasteiger partial charge in [0.2, 0.25) is 0 Å². The van der Waals surface area contributed by atoms with Gasteiger partial charge in [0.05, 0.1) is 23.1 Å². The molecule has 33 heavy (non-hydrogen) atoms. The number of benzene rings is 1. The zero-order valence-corrected chi connectivity index (χ0v) is 19.5. The molecule has 9 nitrogen and oxygen atoms in total. The average Bonchev–Trinajstić information content (AvgIpc) is 3.41. The maximum atomic E-state index is 12.9. The minimum absolute atomic E-state index is 0.226. The lowest BCUT2D eigenvalue weighted by atomic mass is 10.1. The molecular weight excluding hydrogens is 440 g/mol. The van der Waals surface area contributed by atoms with Crippen LogP contribution < -0.4 is 19.9 Å². The van der Waals surface area contributed by atoms with Crippen LogP contribution in [-0.2, 0) is 0 Å². The summed E-state index contributed by atoms with van der Waals surface area (Å²) in [7, 11) is 1.70. The molecule has 1 aromatic carbocycles. The van der Waals surface area contributed by atoms with Gasteiger partial charge in [-0.25, -0.2) is 9.97 Å². The van der Waals surface area contributed by atoms with Crippen LogP contribution in [0.15, 0.2) is 41.2 Å². The van der Waals surface area contributed by atoms with E-state index in [1.54, 1.807) is 26.4 Å². The van der Waals surface area contributed by atoms with Gasteiger partial charge in [0.25, 0.3) is 5.91 Å². The van der Waals surface area contributed by atoms with Gasteiger partial charge in [-0.15, -0.1) is 11.3 Å². The first kappa shape index (κ1) is 21.2. The quantitative estimate of drug-likeness (QED) is 0.475. The summed E-state index contributed by atoms with van der Waals surface area (Å²) in [5.74, 6) is 2.55. The number of amides is 1. The van der Waals surface area contributed by atoms with Crippen LogP contribution in [0.25, 0.3) is 10.2 Å². The molecule has 0 bridgehead atoms. The van der Waals surface area contributed by atoms with E-state index in [0.29, 0.717) is 16.5 Å². The van der Waals surface area contributed by atoms with Crippen molar-refractivity contribution in [2.45, 2.75) is 13.8 Å². The number of aryl methyl sites for hydroxylation is 2. The molecule has 4 aromatic rings. The summed E-state index contributed by atoms with van der Waals surface area (Å²) in [5, 5.41) is 7.57. The summed E-state index contributed by atoms with van der Waals surface area (Å²) in [5.41, 5.74) is 1.97. The summed E-state index contributed by atoms with van der Waals surface area (Å²) >= 11 is 1.36. The molecule has 1 N–H and O–H groups in total. The Bertz CT molecular complexity index is 1310. The number of carbonyl (C=O) groups excluding carboxylic acids is 1. The van der Waals surface area contributed by atoms with Gasteiger partial charge >= 0.3 is 0 Å². The number of anilines is 3. The number of para-hydroxylation sites is 2. The van der Waals surface area contributed by atoms with Crippen LogP contribution in [0.3, 0.4) is 0 Å². The highest BCUT2D eigenvalue weighted by molar-refractivity contribution is 7.20. The van der Waals surface area contributed by atoms with Crippen LogP contribution in [0.5, 0.6) is 5.75 Å². The summed E-state index contributed by atoms with van der Waals surface area (Å²) in [6.45, 7) is 7.02. The maximum absolute atomic E-state index is 12.9. The van der Waals surface area contributed by atoms with E-state index in [4.69, 9.17) is 9.26 Å². The molecule has 4 heterocycles. The monoisotopic (exact) mass is 464 g/mol. The van der Waals surface area contributed by atoms with Crippen molar-refractivity contribution in [3.63, 3.8) is 0 Å². The van der Waals surface area contributed by atoms with E-state index >= 15 is 0 Å². The molecule has 1 amide bonds. The Morgan fingerprint density at radius 1 is 1.12 bits per heavy atom. The molecule has 3 aromatic heterocycles. The van der Waals surface area contributed by atoms with Crippen molar-refractivity contribution in [2.75, 3.05) is 48.4 Å². The lowest BCUT2D eigenvalue weighted by molar-refractivity contribution is 0.102. The first-order valence-corrected chi connectivity index (χ1v) is 11.5. The summed E-state index contributed by atoms with van der Waals surface area (Å²) in [4.78, 5) is 27.9. The highest BCUT2D eigenvalue weighted by Gasteiger charge is 2.25. The number of thiophene rings is 1. The highest BCUT2D eigenvalue weighted by atomic mass is 32.1. The molecule has 1 saturated heterocycles. The normalized spacial score (nSPS) is 14.0. The van der Waals surface area contributed by atoms with Crippen LogP contribution in [0.1, 0.15) is 21.0 Å². The van der Waals surface area contributed by atoms with E-state index in [1.165, 1.54) is 11.3 Å². The molecule has 0 radical (unpaired) electrons. The van der Waals surface area contributed by atoms with E-state index in [0.717, 1.165) is 59.2 Å². The third-order valence-corrected chi connectivity index (χ3v) is 6.99. The fourth-order valence-electron chi connectivity index (χ4n) is 4.16. The molecule has 0 aliphatic carbocycles. The predicted octanol–water partition coefficient (Wildman–Crippen LogP) is 3.88. The molecule has 0 spiro atoms. The van der Waals surface area contributed by atoms with E-state index in [1.807, 2.05) is 25.1 Å². The number of carbonyl (C=O) groups is 1. The Kier molecular flexibility index (Phi) is 5.59. The topological polar surface area (TPSA) is 96.6 Å². The van der Waals surface area contributed by atoms with Gasteiger partial charge in [0, 0.05) is 32.2 Å². The molecule has 170 valence electrons. The van der Waals surface area contributed by atoms with Crippen LogP contribution in [0.4, 0.5) is 17.3 Å². The number of nitrogens with one attached hydrogen (secondary N) is 1. The molecule has 10 heteroatoms. The molecule has 1 fully saturated rings. The second-order valence-corrected chi connectivity index (χ2v) is 8.86. The Morgan fingerprint density at radius 2 is 1.88 bits per heavy atom. The zero-order chi connectivity index (χ0) is 22.9. The summed E-state index contributed by atoms with van der Waals surface area (Å²) in [6.07, 6.45) is 1.57. The average molecular weight is 465 g/mol. The number of piperazine rings is 1. The maximum Gasteiger partial charge on any atom is 0.267 e. The van der Waals surface area contributed by atoms with Crippen molar-refractivity contribution in [3.8, 4) is 5.75 Å². The fourth-order valence-corrected chi connectivity index (χ4v) is 5.20. The van der Waals surface area contributed by atoms with Gasteiger partial charge in [-0.2, -0.15) is 0 Å². The number of hydrogen-bond acceptors (Lipinski definition) is 9. The van der Waals surface area contributed by atoms with Gasteiger partial charge in [-0.3, -0.25) is 4.79 Å². The number of aromatic nitrogens is 3. The van der Waals surface area contributed by atoms with Crippen molar-refractivity contribution in [3.05, 3.63) is 52.9 Å². The predicted molar refractivity (Wildman–Crippen MR) is 129 cm³/mol. The number of nitrogens with zero attached hydrogens (tertiary/aromatic N) is 5. The van der Waals surface area contributed by atoms with E-state index in [9.17, 15) is 4.79 Å². The van der Waals surface area contributed by atoms with E-state index in [2.05, 4.69) is 36.3 Å². The lowest BCUT2D eigenvalue weighted by Crippen LogP contribution is -2.47. The van der Waals surface area contributed by atoms with Crippen molar-refractivity contribution in [1.29, 1.82) is 0 Å². The first-order valence-electron chi connectivity index (χ1n) is 10.7. The molecular formula is C23H24N6O3S. The number of rotatable bonds is 5. The Hall–Kier alpha value is -3.66. The second kappa shape index (κ2) is 8.70. The van der Waals surface area contributed by atoms with Gasteiger partial charge in [-0.1, -0.05) is 17.3 Å². The van der Waals surface area contributed by atoms with Crippen LogP contribution in [0.2, 0.25) is 0 Å². The Balaban J connectivity index is 1.38. The molecule has 0 atom stereocenters. The third kappa shape index (κ3) is 3.97. The SMILES string of the molecule is COc1ccccc1N1CCN(c2ncnc3sc(C(=O)Nc4cc(C)on4)c(C)c23)CC1. The highest BCUT2D eigenvalue weighted by Crippen LogP contribution is 2.36. The number of fused-ring (bicyclic) bond motifs is 1. The number of methoxy groups -OCH3 is 1. The van der Waals surface area contributed by atoms with E-state index < -0.39 is 0 Å². The zero-order valence-electron chi connectivity index (χ0n) is 18.7. The van der Waals surface area contributed by atoms with Crippen LogP contribution in [-0.4, -0.2) is 54.3 Å². The van der Waals surface area contributed by atoms with Crippen molar-refractivity contribution >= 4 is 44.8 Å². The summed E-state index contributed by atoms with van der Waals surface area (Å²) < 4.78 is 10.6. The van der Waals surface area contributed by atoms with Crippen molar-refractivity contribution in [1.82, 2.24) is 15.1 Å². The fraction of sp³-hybridized carbons (Fsp3) is 0.304. The largest absolute Gasteiger partial charge is 0.495 e. The minimum atomic E-state index is -0.226. The molecule has 1 aliphatic heterocycles. The molecule has 5 rings (SSSR count). The molecule has 0 saturated carbocycles. The second-order valence-electron chi connectivity index (χ2n) is 7.86. The smallest absolute Gasteiger partial charge is 0.267 e. The van der Waals surface area contributed by atoms with Crippen LogP contribution in [0, 0.1) is 13.8 Å². The van der Waals surface area contributed by atoms with Gasteiger partial charge in [-0.05, 0) is 31.5 Å². The van der Waals surface area contributed by atoms with Gasteiger partial charge < -0.3 is 24.4 Å². The summed E-state index contributed by atoms with van der Waals surface area (Å²) in [6, 6.07) is 9.76. The third-order valence-electron chi connectivity index (χ3n) is 5.79. The first-order chi connectivity index (χ1) is 16.0. The molecule has 1 aliphatic rings. The Morgan fingerprint density at radius 3 is 2.61 bits per heavy atom. The Labute approximate surface area is 195 Å². The van der Waals surface area contributed by atoms with E-state index in [-0.39, 0.29) is 5.91 Å². The lowest BCUT2D eigenvalue weighted by Gasteiger charge is -2.37. The van der Waals surface area contributed by atoms with Crippen LogP contribution >= 0.6 is 11.3 Å². The minimum Gasteiger partial charge on any atom is -0.495 e.